The summed E-state index contributed by atoms with van der Waals surface area (Å²) in [4.78, 5) is 99.5. The number of benzene rings is 2. The number of nitrogens with two attached hydrogens (primary N) is 2. The molecule has 4 aromatic heterocycles. The Kier molecular flexibility index (Phi) is 10.8. The van der Waals surface area contributed by atoms with E-state index < -0.39 is 89.1 Å². The standard InChI is InChI=1S/C36H36N10O16P2/c1-13(47)15-5-3-7-17(9-15)27-39-21-29(41-35(37)43-31(21)51)45(27)33-23(49)25-19(59-33)11-57-64(55,56)62-26-20(12-58-63(53,54)61-25)60-34(24(26)50)46-28(18-8-4-6-16(10-18)14(2)48)40-22-30(46)42-36(38)44-32(22)52/h3-10,19-20,23-26,33-34,49-50H,11-12H2,1-2H3,(H,53,54)(H,55,56)(H3,37,41,43,51)(H3,38,42,44,52)/p-2/t19-,20-,23+,24+,25?,26?,33-,34-/m1/s1. The minimum atomic E-state index is -5.59. The summed E-state index contributed by atoms with van der Waals surface area (Å²) in [5.41, 5.74) is 9.87. The lowest BCUT2D eigenvalue weighted by atomic mass is 10.1. The molecule has 336 valence electrons. The normalized spacial score (nSPS) is 29.8. The number of H-pyrrole nitrogens is 2. The zero-order chi connectivity index (χ0) is 45.6. The molecule has 7 heterocycles. The monoisotopic (exact) mass is 924 g/mol. The Bertz CT molecular complexity index is 2910. The summed E-state index contributed by atoms with van der Waals surface area (Å²) in [5.74, 6) is -1.64. The number of imidazole rings is 2. The molecular weight excluding hydrogens is 890 g/mol. The second kappa shape index (κ2) is 16.0. The molecule has 0 radical (unpaired) electrons. The quantitative estimate of drug-likeness (QED) is 0.0899. The Hall–Kier alpha value is -5.86. The number of ketones is 2. The highest BCUT2D eigenvalue weighted by molar-refractivity contribution is 7.46. The number of aromatic amines is 2. The molecule has 10 atom stereocenters. The first-order valence-corrected chi connectivity index (χ1v) is 21.9. The second-order valence-corrected chi connectivity index (χ2v) is 17.6. The van der Waals surface area contributed by atoms with Crippen LogP contribution in [0.1, 0.15) is 47.0 Å². The van der Waals surface area contributed by atoms with Crippen molar-refractivity contribution in [2.24, 2.45) is 0 Å². The van der Waals surface area contributed by atoms with Gasteiger partial charge in [-0.05, 0) is 26.0 Å². The molecule has 0 bridgehead atoms. The first-order valence-electron chi connectivity index (χ1n) is 19.0. The van der Waals surface area contributed by atoms with Crippen LogP contribution < -0.4 is 32.4 Å². The molecule has 3 aliphatic rings. The molecule has 26 nitrogen and oxygen atoms in total. The zero-order valence-electron chi connectivity index (χ0n) is 33.0. The number of rotatable bonds is 6. The predicted molar refractivity (Wildman–Crippen MR) is 213 cm³/mol. The van der Waals surface area contributed by atoms with Gasteiger partial charge in [0, 0.05) is 22.3 Å². The van der Waals surface area contributed by atoms with E-state index in [0.29, 0.717) is 0 Å². The SMILES string of the molecule is CC(=O)c1cccc(-c2nc3c(=O)[nH]c(N)nc3n2[C@@H]2O[C@@H]3COP(=O)([O-])OC4[C@@H](COP(=O)([O-])OC3[C@@H]2O)O[C@@H](n2c(-c3cccc(C(C)=O)c3)nc3c(=O)[nH]c(N)nc32)[C@H]4O)c1. The fourth-order valence-electron chi connectivity index (χ4n) is 7.73. The fraction of sp³-hybridized carbons (Fsp3) is 0.333. The van der Waals surface area contributed by atoms with Crippen LogP contribution in [0.2, 0.25) is 0 Å². The molecule has 0 spiro atoms. The minimum absolute atomic E-state index is 0.111. The van der Waals surface area contributed by atoms with Crippen molar-refractivity contribution < 1.29 is 66.3 Å². The number of carbonyl (C=O) groups is 2. The van der Waals surface area contributed by atoms with E-state index in [0.717, 1.165) is 9.13 Å². The predicted octanol–water partition coefficient (Wildman–Crippen LogP) is -0.573. The Morgan fingerprint density at radius 3 is 1.47 bits per heavy atom. The van der Waals surface area contributed by atoms with Crippen LogP contribution >= 0.6 is 15.6 Å². The minimum Gasteiger partial charge on any atom is -0.756 e. The highest BCUT2D eigenvalue weighted by atomic mass is 31.2. The van der Waals surface area contributed by atoms with Gasteiger partial charge in [0.25, 0.3) is 26.8 Å². The molecule has 28 heteroatoms. The van der Waals surface area contributed by atoms with Crippen molar-refractivity contribution in [1.82, 2.24) is 39.0 Å². The third-order valence-corrected chi connectivity index (χ3v) is 12.5. The topological polar surface area (TPSA) is 389 Å². The van der Waals surface area contributed by atoms with Gasteiger partial charge in [-0.3, -0.25) is 47.4 Å². The van der Waals surface area contributed by atoms with Gasteiger partial charge < -0.3 is 59.0 Å². The molecule has 9 rings (SSSR count). The van der Waals surface area contributed by atoms with E-state index in [-0.39, 0.29) is 79.7 Å². The number of ether oxygens (including phenoxy) is 2. The van der Waals surface area contributed by atoms with Crippen molar-refractivity contribution in [3.8, 4) is 22.8 Å². The van der Waals surface area contributed by atoms with Crippen LogP contribution in [-0.4, -0.2) is 111 Å². The summed E-state index contributed by atoms with van der Waals surface area (Å²) in [6.07, 6.45) is -15.1. The second-order valence-electron chi connectivity index (χ2n) is 14.9. The summed E-state index contributed by atoms with van der Waals surface area (Å²) in [6.45, 7) is 0.471. The van der Waals surface area contributed by atoms with Crippen molar-refractivity contribution in [2.45, 2.75) is 62.9 Å². The van der Waals surface area contributed by atoms with Gasteiger partial charge in [-0.2, -0.15) is 9.97 Å². The maximum Gasteiger partial charge on any atom is 0.280 e. The number of aromatic nitrogens is 8. The van der Waals surface area contributed by atoms with Gasteiger partial charge in [-0.1, -0.05) is 36.4 Å². The lowest BCUT2D eigenvalue weighted by Crippen LogP contribution is -2.41. The van der Waals surface area contributed by atoms with Gasteiger partial charge >= 0.3 is 0 Å². The molecule has 8 N–H and O–H groups in total. The number of nitrogens with zero attached hydrogens (tertiary/aromatic N) is 6. The number of nitrogen functional groups attached to an aromatic ring is 2. The summed E-state index contributed by atoms with van der Waals surface area (Å²) < 4.78 is 62.5. The fourth-order valence-corrected chi connectivity index (χ4v) is 9.63. The Balaban J connectivity index is 1.07. The van der Waals surface area contributed by atoms with Gasteiger partial charge in [0.1, 0.15) is 48.3 Å². The smallest absolute Gasteiger partial charge is 0.280 e. The summed E-state index contributed by atoms with van der Waals surface area (Å²) in [6, 6.07) is 12.0. The lowest BCUT2D eigenvalue weighted by molar-refractivity contribution is -0.244. The van der Waals surface area contributed by atoms with Crippen LogP contribution in [-0.2, 0) is 36.7 Å². The van der Waals surface area contributed by atoms with Crippen molar-refractivity contribution >= 4 is 61.4 Å². The number of phosphoric acid groups is 2. The van der Waals surface area contributed by atoms with E-state index in [4.69, 9.17) is 39.0 Å². The van der Waals surface area contributed by atoms with Crippen LogP contribution in [0.5, 0.6) is 0 Å². The zero-order valence-corrected chi connectivity index (χ0v) is 34.8. The van der Waals surface area contributed by atoms with Gasteiger partial charge in [0.15, 0.2) is 46.4 Å². The van der Waals surface area contributed by atoms with Crippen molar-refractivity contribution in [3.05, 3.63) is 80.4 Å². The molecule has 3 fully saturated rings. The van der Waals surface area contributed by atoms with Crippen molar-refractivity contribution in [2.75, 3.05) is 24.7 Å². The number of nitrogens with one attached hydrogen (secondary N) is 2. The molecule has 64 heavy (non-hydrogen) atoms. The highest BCUT2D eigenvalue weighted by Crippen LogP contribution is 2.51. The number of hydrogen-bond donors (Lipinski definition) is 6. The average molecular weight is 925 g/mol. The van der Waals surface area contributed by atoms with Gasteiger partial charge in [-0.25, -0.2) is 9.97 Å². The van der Waals surface area contributed by atoms with Crippen LogP contribution in [0, 0.1) is 0 Å². The van der Waals surface area contributed by atoms with E-state index in [9.17, 15) is 48.3 Å². The molecule has 6 aromatic rings. The van der Waals surface area contributed by atoms with E-state index in [1.807, 2.05) is 0 Å². The first-order chi connectivity index (χ1) is 30.3. The van der Waals surface area contributed by atoms with E-state index in [1.54, 1.807) is 0 Å². The molecule has 0 amide bonds. The lowest BCUT2D eigenvalue weighted by Gasteiger charge is -2.34. The molecular formula is C36H34N10O16P2-2. The third-order valence-electron chi connectivity index (χ3n) is 10.6. The number of carbonyl (C=O) groups excluding carboxylic acids is 2. The van der Waals surface area contributed by atoms with Crippen LogP contribution in [0.3, 0.4) is 0 Å². The number of phosphoric ester groups is 2. The van der Waals surface area contributed by atoms with Gasteiger partial charge in [0.05, 0.1) is 13.2 Å². The molecule has 4 unspecified atom stereocenters. The number of anilines is 2. The third kappa shape index (κ3) is 7.78. The van der Waals surface area contributed by atoms with Gasteiger partial charge in [-0.15, -0.1) is 0 Å². The Labute approximate surface area is 356 Å². The molecule has 3 aliphatic heterocycles. The summed E-state index contributed by atoms with van der Waals surface area (Å²) >= 11 is 0. The largest absolute Gasteiger partial charge is 0.756 e. The number of aliphatic hydroxyl groups is 2. The van der Waals surface area contributed by atoms with Gasteiger partial charge in [0.2, 0.25) is 11.9 Å². The van der Waals surface area contributed by atoms with E-state index in [1.165, 1.54) is 62.4 Å². The Morgan fingerprint density at radius 1 is 0.703 bits per heavy atom. The van der Waals surface area contributed by atoms with Crippen LogP contribution in [0.15, 0.2) is 58.1 Å². The van der Waals surface area contributed by atoms with Crippen molar-refractivity contribution in [3.63, 3.8) is 0 Å². The average Bonchev–Trinajstić information content (AvgIpc) is 3.97. The molecule has 3 saturated heterocycles. The van der Waals surface area contributed by atoms with E-state index in [2.05, 4.69) is 29.9 Å². The highest BCUT2D eigenvalue weighted by Gasteiger charge is 2.52. The Morgan fingerprint density at radius 2 is 1.09 bits per heavy atom. The van der Waals surface area contributed by atoms with Crippen LogP contribution in [0.4, 0.5) is 11.9 Å². The number of aliphatic hydroxyl groups excluding tert-OH is 2. The maximum atomic E-state index is 13.6. The van der Waals surface area contributed by atoms with Crippen molar-refractivity contribution in [1.29, 1.82) is 0 Å². The molecule has 0 saturated carbocycles. The van der Waals surface area contributed by atoms with E-state index >= 15 is 0 Å². The summed E-state index contributed by atoms with van der Waals surface area (Å²) in [5, 5.41) is 23.6. The molecule has 2 aromatic carbocycles. The molecule has 0 aliphatic carbocycles. The first kappa shape index (κ1) is 43.4. The maximum absolute atomic E-state index is 13.6. The summed E-state index contributed by atoms with van der Waals surface area (Å²) in [7, 11) is -11.2. The number of Topliss-reactive ketones (excluding diaryl/α,β-unsaturated/α-hetero) is 2. The number of fused-ring (bicyclic) bond motifs is 4. The van der Waals surface area contributed by atoms with Crippen LogP contribution in [0.25, 0.3) is 45.1 Å². The number of hydrogen-bond acceptors (Lipinski definition) is 22.